The van der Waals surface area contributed by atoms with Crippen LogP contribution in [0.5, 0.6) is 0 Å². The SMILES string of the molecule is CCCCCC1C(CCC(=O)[O-])C1(F)F.[Na+]. The zero-order chi connectivity index (χ0) is 11.5. The van der Waals surface area contributed by atoms with Gasteiger partial charge >= 0.3 is 29.6 Å². The fraction of sp³-hybridized carbons (Fsp3) is 0.909. The molecular formula is C11H17F2NaO2. The van der Waals surface area contributed by atoms with Crippen molar-refractivity contribution in [3.63, 3.8) is 0 Å². The summed E-state index contributed by atoms with van der Waals surface area (Å²) in [6, 6.07) is 0. The fourth-order valence-electron chi connectivity index (χ4n) is 2.14. The van der Waals surface area contributed by atoms with Crippen LogP contribution >= 0.6 is 0 Å². The van der Waals surface area contributed by atoms with Crippen LogP contribution in [0.4, 0.5) is 8.78 Å². The van der Waals surface area contributed by atoms with Crippen LogP contribution in [-0.2, 0) is 4.79 Å². The molecule has 88 valence electrons. The van der Waals surface area contributed by atoms with Gasteiger partial charge in [-0.3, -0.25) is 0 Å². The van der Waals surface area contributed by atoms with Crippen LogP contribution in [0.1, 0.15) is 45.4 Å². The Morgan fingerprint density at radius 2 is 1.81 bits per heavy atom. The third-order valence-corrected chi connectivity index (χ3v) is 3.14. The molecule has 1 fully saturated rings. The maximum absolute atomic E-state index is 13.1. The minimum atomic E-state index is -2.62. The molecule has 0 spiro atoms. The van der Waals surface area contributed by atoms with Crippen molar-refractivity contribution in [1.82, 2.24) is 0 Å². The van der Waals surface area contributed by atoms with E-state index in [9.17, 15) is 18.7 Å². The van der Waals surface area contributed by atoms with Crippen LogP contribution in [0.15, 0.2) is 0 Å². The maximum Gasteiger partial charge on any atom is 1.00 e. The summed E-state index contributed by atoms with van der Waals surface area (Å²) in [5.41, 5.74) is 0. The van der Waals surface area contributed by atoms with Gasteiger partial charge < -0.3 is 9.90 Å². The number of carboxylic acid groups (broad SMARTS) is 1. The number of halogens is 2. The minimum absolute atomic E-state index is 0. The predicted molar refractivity (Wildman–Crippen MR) is 50.3 cm³/mol. The van der Waals surface area contributed by atoms with E-state index in [2.05, 4.69) is 0 Å². The summed E-state index contributed by atoms with van der Waals surface area (Å²) in [4.78, 5) is 10.2. The second-order valence-electron chi connectivity index (χ2n) is 4.29. The Balaban J connectivity index is 0.00000225. The molecule has 5 heteroatoms. The first-order valence-corrected chi connectivity index (χ1v) is 5.57. The van der Waals surface area contributed by atoms with Crippen LogP contribution in [0.3, 0.4) is 0 Å². The van der Waals surface area contributed by atoms with E-state index in [0.717, 1.165) is 19.3 Å². The van der Waals surface area contributed by atoms with Gasteiger partial charge in [0.2, 0.25) is 0 Å². The van der Waals surface area contributed by atoms with Crippen molar-refractivity contribution in [1.29, 1.82) is 0 Å². The monoisotopic (exact) mass is 242 g/mol. The van der Waals surface area contributed by atoms with E-state index in [1.165, 1.54) is 0 Å². The molecule has 0 N–H and O–H groups in total. The molecular weight excluding hydrogens is 225 g/mol. The molecule has 2 atom stereocenters. The average molecular weight is 242 g/mol. The van der Waals surface area contributed by atoms with E-state index in [4.69, 9.17) is 0 Å². The molecule has 2 unspecified atom stereocenters. The standard InChI is InChI=1S/C11H18F2O2.Na/c1-2-3-4-5-8-9(11(8,12)13)6-7-10(14)15;/h8-9H,2-7H2,1H3,(H,14,15);/q;+1/p-1. The Labute approximate surface area is 117 Å². The van der Waals surface area contributed by atoms with Crippen LogP contribution < -0.4 is 34.7 Å². The van der Waals surface area contributed by atoms with Gasteiger partial charge in [-0.1, -0.05) is 26.2 Å². The Morgan fingerprint density at radius 1 is 1.25 bits per heavy atom. The quantitative estimate of drug-likeness (QED) is 0.423. The molecule has 1 aliphatic rings. The molecule has 16 heavy (non-hydrogen) atoms. The maximum atomic E-state index is 13.1. The molecule has 0 bridgehead atoms. The van der Waals surface area contributed by atoms with Gasteiger partial charge in [0, 0.05) is 17.8 Å². The first-order chi connectivity index (χ1) is 7.00. The van der Waals surface area contributed by atoms with Gasteiger partial charge in [0.05, 0.1) is 0 Å². The molecule has 1 rings (SSSR count). The molecule has 0 aliphatic heterocycles. The largest absolute Gasteiger partial charge is 1.00 e. The van der Waals surface area contributed by atoms with Crippen LogP contribution in [0.25, 0.3) is 0 Å². The number of rotatable bonds is 7. The van der Waals surface area contributed by atoms with Crippen LogP contribution in [-0.4, -0.2) is 11.9 Å². The van der Waals surface area contributed by atoms with Gasteiger partial charge in [0.25, 0.3) is 5.92 Å². The van der Waals surface area contributed by atoms with Crippen molar-refractivity contribution in [3.05, 3.63) is 0 Å². The molecule has 0 radical (unpaired) electrons. The zero-order valence-corrected chi connectivity index (χ0v) is 12.0. The number of hydrogen-bond acceptors (Lipinski definition) is 2. The Bertz CT molecular complexity index is 234. The van der Waals surface area contributed by atoms with Crippen LogP contribution in [0.2, 0.25) is 0 Å². The van der Waals surface area contributed by atoms with Gasteiger partial charge in [-0.2, -0.15) is 0 Å². The molecule has 0 aromatic carbocycles. The molecule has 0 heterocycles. The Morgan fingerprint density at radius 3 is 2.31 bits per heavy atom. The van der Waals surface area contributed by atoms with Crippen molar-refractivity contribution in [2.75, 3.05) is 0 Å². The average Bonchev–Trinajstić information content (AvgIpc) is 2.65. The summed E-state index contributed by atoms with van der Waals surface area (Å²) in [6.45, 7) is 2.03. The van der Waals surface area contributed by atoms with Crippen molar-refractivity contribution >= 4 is 5.97 Å². The molecule has 2 nitrogen and oxygen atoms in total. The second kappa shape index (κ2) is 6.92. The first-order valence-electron chi connectivity index (χ1n) is 5.57. The normalized spacial score (nSPS) is 25.9. The van der Waals surface area contributed by atoms with Crippen LogP contribution in [0, 0.1) is 11.8 Å². The van der Waals surface area contributed by atoms with Crippen molar-refractivity contribution in [2.45, 2.75) is 51.4 Å². The number of carbonyl (C=O) groups excluding carboxylic acids is 1. The Hall–Kier alpha value is 0.330. The summed E-state index contributed by atoms with van der Waals surface area (Å²) in [5.74, 6) is -5.15. The number of carboxylic acids is 1. The van der Waals surface area contributed by atoms with E-state index in [-0.39, 0.29) is 42.4 Å². The third-order valence-electron chi connectivity index (χ3n) is 3.14. The number of carbonyl (C=O) groups is 1. The van der Waals surface area contributed by atoms with Gasteiger partial charge in [0.15, 0.2) is 0 Å². The van der Waals surface area contributed by atoms with E-state index in [0.29, 0.717) is 6.42 Å². The Kier molecular flexibility index (Phi) is 7.06. The molecule has 0 saturated heterocycles. The molecule has 1 aliphatic carbocycles. The number of hydrogen-bond donors (Lipinski definition) is 0. The van der Waals surface area contributed by atoms with Gasteiger partial charge in [-0.25, -0.2) is 8.78 Å². The number of aliphatic carboxylic acids is 1. The van der Waals surface area contributed by atoms with E-state index in [1.54, 1.807) is 0 Å². The van der Waals surface area contributed by atoms with Gasteiger partial charge in [0.1, 0.15) is 0 Å². The second-order valence-corrected chi connectivity index (χ2v) is 4.29. The summed E-state index contributed by atoms with van der Waals surface area (Å²) in [5, 5.41) is 10.2. The summed E-state index contributed by atoms with van der Waals surface area (Å²) < 4.78 is 26.3. The van der Waals surface area contributed by atoms with Crippen molar-refractivity contribution < 1.29 is 48.2 Å². The first kappa shape index (κ1) is 16.3. The summed E-state index contributed by atoms with van der Waals surface area (Å²) in [7, 11) is 0. The zero-order valence-electron chi connectivity index (χ0n) is 9.97. The molecule has 0 aromatic rings. The third kappa shape index (κ3) is 4.30. The molecule has 0 aromatic heterocycles. The molecule has 1 saturated carbocycles. The van der Waals surface area contributed by atoms with E-state index in [1.807, 2.05) is 6.92 Å². The fourth-order valence-corrected chi connectivity index (χ4v) is 2.14. The summed E-state index contributed by atoms with van der Waals surface area (Å²) in [6.07, 6.45) is 3.15. The molecule has 0 amide bonds. The van der Waals surface area contributed by atoms with Gasteiger partial charge in [-0.15, -0.1) is 0 Å². The van der Waals surface area contributed by atoms with E-state index < -0.39 is 23.7 Å². The number of unbranched alkanes of at least 4 members (excludes halogenated alkanes) is 2. The van der Waals surface area contributed by atoms with E-state index >= 15 is 0 Å². The topological polar surface area (TPSA) is 40.1 Å². The van der Waals surface area contributed by atoms with Gasteiger partial charge in [-0.05, 0) is 19.3 Å². The minimum Gasteiger partial charge on any atom is -0.550 e. The van der Waals surface area contributed by atoms with Crippen molar-refractivity contribution in [3.8, 4) is 0 Å². The summed E-state index contributed by atoms with van der Waals surface area (Å²) >= 11 is 0. The van der Waals surface area contributed by atoms with Crippen molar-refractivity contribution in [2.24, 2.45) is 11.8 Å². The smallest absolute Gasteiger partial charge is 0.550 e. The number of alkyl halides is 2. The predicted octanol–water partition coefficient (Wildman–Crippen LogP) is -1.02.